The second kappa shape index (κ2) is 5.57. The van der Waals surface area contributed by atoms with Crippen molar-refractivity contribution >= 4 is 15.9 Å². The summed E-state index contributed by atoms with van der Waals surface area (Å²) < 4.78 is 0.990. The van der Waals surface area contributed by atoms with Crippen LogP contribution in [0.4, 0.5) is 0 Å². The minimum Gasteiger partial charge on any atom is -0.271 e. The van der Waals surface area contributed by atoms with Crippen molar-refractivity contribution in [1.82, 2.24) is 10.4 Å². The average molecular weight is 282 g/mol. The zero-order chi connectivity index (χ0) is 11.4. The van der Waals surface area contributed by atoms with E-state index in [2.05, 4.69) is 32.4 Å². The summed E-state index contributed by atoms with van der Waals surface area (Å²) in [6.45, 7) is 0. The van der Waals surface area contributed by atoms with Gasteiger partial charge in [-0.15, -0.1) is 0 Å². The highest BCUT2D eigenvalue weighted by Crippen LogP contribution is 2.28. The largest absolute Gasteiger partial charge is 0.271 e. The van der Waals surface area contributed by atoms with Gasteiger partial charge in [0.1, 0.15) is 0 Å². The lowest BCUT2D eigenvalue weighted by atomic mass is 9.92. The molecule has 3 N–H and O–H groups in total. The zero-order valence-electron chi connectivity index (χ0n) is 9.12. The first-order valence-electron chi connectivity index (χ1n) is 5.58. The van der Waals surface area contributed by atoms with Crippen LogP contribution >= 0.6 is 15.9 Å². The fraction of sp³-hybridized carbons (Fsp3) is 0.417. The lowest BCUT2D eigenvalue weighted by Crippen LogP contribution is -2.30. The van der Waals surface area contributed by atoms with E-state index in [0.717, 1.165) is 23.0 Å². The van der Waals surface area contributed by atoms with E-state index in [4.69, 9.17) is 5.84 Å². The van der Waals surface area contributed by atoms with Gasteiger partial charge in [0, 0.05) is 10.7 Å². The summed E-state index contributed by atoms with van der Waals surface area (Å²) in [6, 6.07) is 4.06. The lowest BCUT2D eigenvalue weighted by molar-refractivity contribution is 0.555. The van der Waals surface area contributed by atoms with Crippen molar-refractivity contribution in [2.24, 2.45) is 5.84 Å². The van der Waals surface area contributed by atoms with Gasteiger partial charge in [0.15, 0.2) is 0 Å². The van der Waals surface area contributed by atoms with Gasteiger partial charge >= 0.3 is 0 Å². The van der Waals surface area contributed by atoms with E-state index in [-0.39, 0.29) is 6.04 Å². The summed E-state index contributed by atoms with van der Waals surface area (Å²) in [5.41, 5.74) is 5.21. The Morgan fingerprint density at radius 3 is 2.81 bits per heavy atom. The summed E-state index contributed by atoms with van der Waals surface area (Å²) in [7, 11) is 0. The molecule has 0 saturated carbocycles. The topological polar surface area (TPSA) is 50.9 Å². The van der Waals surface area contributed by atoms with Gasteiger partial charge in [0.25, 0.3) is 0 Å². The number of rotatable bonds is 3. The number of hydrazine groups is 1. The van der Waals surface area contributed by atoms with Crippen LogP contribution in [0.15, 0.2) is 34.5 Å². The minimum absolute atomic E-state index is 0.0633. The van der Waals surface area contributed by atoms with Gasteiger partial charge < -0.3 is 0 Å². The van der Waals surface area contributed by atoms with E-state index in [0.29, 0.717) is 0 Å². The second-order valence-corrected chi connectivity index (χ2v) is 4.94. The van der Waals surface area contributed by atoms with Crippen LogP contribution in [0.5, 0.6) is 0 Å². The first kappa shape index (κ1) is 11.8. The van der Waals surface area contributed by atoms with E-state index in [1.54, 1.807) is 0 Å². The monoisotopic (exact) mass is 281 g/mol. The molecule has 0 fully saturated rings. The molecule has 0 radical (unpaired) electrons. The number of halogens is 1. The van der Waals surface area contributed by atoms with E-state index >= 15 is 0 Å². The smallest absolute Gasteiger partial charge is 0.0841 e. The van der Waals surface area contributed by atoms with Crippen molar-refractivity contribution in [2.45, 2.75) is 31.7 Å². The van der Waals surface area contributed by atoms with Crippen LogP contribution in [0, 0.1) is 0 Å². The maximum absolute atomic E-state index is 5.63. The second-order valence-electron chi connectivity index (χ2n) is 4.03. The summed E-state index contributed by atoms with van der Waals surface area (Å²) in [6.07, 6.45) is 8.91. The van der Waals surface area contributed by atoms with Crippen LogP contribution < -0.4 is 11.3 Å². The Kier molecular flexibility index (Phi) is 4.09. The summed E-state index contributed by atoms with van der Waals surface area (Å²) in [5.74, 6) is 5.63. The molecule has 3 nitrogen and oxygen atoms in total. The number of aromatic nitrogens is 1. The normalized spacial score (nSPS) is 18.0. The number of pyridine rings is 1. The fourth-order valence-corrected chi connectivity index (χ4v) is 2.30. The number of nitrogens with two attached hydrogens (primary N) is 1. The molecule has 86 valence electrons. The van der Waals surface area contributed by atoms with Crippen molar-refractivity contribution in [2.75, 3.05) is 0 Å². The summed E-state index contributed by atoms with van der Waals surface area (Å²) >= 11 is 3.38. The number of allylic oxidation sites excluding steroid dienone is 1. The molecule has 1 aliphatic carbocycles. The van der Waals surface area contributed by atoms with Gasteiger partial charge in [-0.25, -0.2) is 5.43 Å². The number of hydrogen-bond donors (Lipinski definition) is 2. The molecule has 1 aromatic heterocycles. The molecule has 4 heteroatoms. The Balaban J connectivity index is 2.21. The van der Waals surface area contributed by atoms with Crippen LogP contribution in [0.2, 0.25) is 0 Å². The Morgan fingerprint density at radius 2 is 2.25 bits per heavy atom. The van der Waals surface area contributed by atoms with Crippen molar-refractivity contribution in [3.63, 3.8) is 0 Å². The van der Waals surface area contributed by atoms with Crippen LogP contribution in [-0.4, -0.2) is 4.98 Å². The van der Waals surface area contributed by atoms with Crippen LogP contribution in [-0.2, 0) is 0 Å². The van der Waals surface area contributed by atoms with Gasteiger partial charge in [0.05, 0.1) is 11.7 Å². The molecule has 0 amide bonds. The molecule has 1 atom stereocenters. The third kappa shape index (κ3) is 2.70. The van der Waals surface area contributed by atoms with E-state index in [1.807, 2.05) is 18.3 Å². The number of nitrogens with zero attached hydrogens (tertiary/aromatic N) is 1. The first-order chi connectivity index (χ1) is 7.81. The number of nitrogens with one attached hydrogen (secondary N) is 1. The highest BCUT2D eigenvalue weighted by atomic mass is 79.9. The predicted molar refractivity (Wildman–Crippen MR) is 68.6 cm³/mol. The van der Waals surface area contributed by atoms with E-state index < -0.39 is 0 Å². The van der Waals surface area contributed by atoms with Crippen LogP contribution in [0.3, 0.4) is 0 Å². The lowest BCUT2D eigenvalue weighted by Gasteiger charge is -2.22. The minimum atomic E-state index is 0.0633. The molecule has 2 rings (SSSR count). The van der Waals surface area contributed by atoms with E-state index in [9.17, 15) is 0 Å². The maximum Gasteiger partial charge on any atom is 0.0841 e. The number of hydrogen-bond acceptors (Lipinski definition) is 3. The standard InChI is InChI=1S/C12H16BrN3/c13-10-6-7-11(15-8-10)12(16-14)9-4-2-1-3-5-9/h4,6-8,12,16H,1-3,5,14H2. The molecule has 16 heavy (non-hydrogen) atoms. The molecule has 0 aliphatic heterocycles. The van der Waals surface area contributed by atoms with Gasteiger partial charge in [-0.1, -0.05) is 11.6 Å². The molecule has 1 unspecified atom stereocenters. The van der Waals surface area contributed by atoms with Gasteiger partial charge in [0.2, 0.25) is 0 Å². The first-order valence-corrected chi connectivity index (χ1v) is 6.37. The fourth-order valence-electron chi connectivity index (χ4n) is 2.07. The molecule has 0 spiro atoms. The van der Waals surface area contributed by atoms with Crippen LogP contribution in [0.1, 0.15) is 37.4 Å². The maximum atomic E-state index is 5.63. The quantitative estimate of drug-likeness (QED) is 0.509. The van der Waals surface area contributed by atoms with Crippen molar-refractivity contribution in [3.05, 3.63) is 40.1 Å². The Hall–Kier alpha value is -0.710. The molecule has 1 heterocycles. The Morgan fingerprint density at radius 1 is 1.38 bits per heavy atom. The molecule has 0 bridgehead atoms. The van der Waals surface area contributed by atoms with Gasteiger partial charge in [-0.3, -0.25) is 10.8 Å². The molecule has 1 aromatic rings. The Bertz CT molecular complexity index is 372. The third-order valence-electron chi connectivity index (χ3n) is 2.91. The van der Waals surface area contributed by atoms with Crippen molar-refractivity contribution in [3.8, 4) is 0 Å². The van der Waals surface area contributed by atoms with Crippen molar-refractivity contribution < 1.29 is 0 Å². The molecule has 0 saturated heterocycles. The molecule has 1 aliphatic rings. The highest BCUT2D eigenvalue weighted by molar-refractivity contribution is 9.10. The average Bonchev–Trinajstić information content (AvgIpc) is 2.34. The highest BCUT2D eigenvalue weighted by Gasteiger charge is 2.17. The van der Waals surface area contributed by atoms with Gasteiger partial charge in [-0.05, 0) is 53.7 Å². The summed E-state index contributed by atoms with van der Waals surface area (Å²) in [4.78, 5) is 4.39. The zero-order valence-corrected chi connectivity index (χ0v) is 10.7. The van der Waals surface area contributed by atoms with Crippen molar-refractivity contribution in [1.29, 1.82) is 0 Å². The Labute approximate surface area is 104 Å². The van der Waals surface area contributed by atoms with E-state index in [1.165, 1.54) is 18.4 Å². The van der Waals surface area contributed by atoms with Gasteiger partial charge in [-0.2, -0.15) is 0 Å². The summed E-state index contributed by atoms with van der Waals surface area (Å²) in [5, 5.41) is 0. The SMILES string of the molecule is NNC(C1=CCCCC1)c1ccc(Br)cn1. The molecule has 0 aromatic carbocycles. The predicted octanol–water partition coefficient (Wildman–Crippen LogP) is 2.85. The van der Waals surface area contributed by atoms with Crippen LogP contribution in [0.25, 0.3) is 0 Å². The molecular formula is C12H16BrN3. The molecular weight excluding hydrogens is 266 g/mol. The third-order valence-corrected chi connectivity index (χ3v) is 3.38.